The van der Waals surface area contributed by atoms with Crippen LogP contribution in [0.1, 0.15) is 22.8 Å². The van der Waals surface area contributed by atoms with Gasteiger partial charge < -0.3 is 19.3 Å². The molecule has 8 nitrogen and oxygen atoms in total. The monoisotopic (exact) mass is 372 g/mol. The van der Waals surface area contributed by atoms with E-state index in [2.05, 4.69) is 10.5 Å². The Morgan fingerprint density at radius 1 is 1.11 bits per heavy atom. The summed E-state index contributed by atoms with van der Waals surface area (Å²) in [5, 5.41) is 13.0. The Hall–Kier alpha value is -3.55. The molecule has 8 heteroatoms. The third-order valence-electron chi connectivity index (χ3n) is 3.59. The number of benzene rings is 2. The molecule has 0 unspecified atom stereocenters. The van der Waals surface area contributed by atoms with Gasteiger partial charge in [-0.25, -0.2) is 10.2 Å². The summed E-state index contributed by atoms with van der Waals surface area (Å²) >= 11 is 0. The number of hydrogen-bond donors (Lipinski definition) is 2. The van der Waals surface area contributed by atoms with Gasteiger partial charge in [0.1, 0.15) is 5.75 Å². The zero-order chi connectivity index (χ0) is 19.8. The predicted molar refractivity (Wildman–Crippen MR) is 98.8 cm³/mol. The first-order chi connectivity index (χ1) is 13.0. The van der Waals surface area contributed by atoms with Crippen LogP contribution < -0.4 is 19.6 Å². The third kappa shape index (κ3) is 5.21. The Labute approximate surface area is 156 Å². The first-order valence-corrected chi connectivity index (χ1v) is 8.00. The molecule has 0 radical (unpaired) electrons. The second-order valence-corrected chi connectivity index (χ2v) is 5.40. The Balaban J connectivity index is 2.15. The van der Waals surface area contributed by atoms with E-state index in [1.807, 2.05) is 0 Å². The lowest BCUT2D eigenvalue weighted by Gasteiger charge is -2.15. The van der Waals surface area contributed by atoms with Gasteiger partial charge in [0.15, 0.2) is 17.6 Å². The van der Waals surface area contributed by atoms with Crippen molar-refractivity contribution in [3.63, 3.8) is 0 Å². The molecule has 2 N–H and O–H groups in total. The molecular formula is C19H20N2O6. The molecule has 1 amide bonds. The topological polar surface area (TPSA) is 106 Å². The molecule has 0 fully saturated rings. The van der Waals surface area contributed by atoms with E-state index in [1.165, 1.54) is 20.2 Å². The van der Waals surface area contributed by atoms with Crippen LogP contribution >= 0.6 is 0 Å². The fourth-order valence-electron chi connectivity index (χ4n) is 2.12. The van der Waals surface area contributed by atoms with E-state index >= 15 is 0 Å². The molecule has 27 heavy (non-hydrogen) atoms. The zero-order valence-corrected chi connectivity index (χ0v) is 15.1. The minimum Gasteiger partial charge on any atom is -0.497 e. The molecule has 0 aliphatic rings. The summed E-state index contributed by atoms with van der Waals surface area (Å²) in [5.41, 5.74) is 3.27. The molecular weight excluding hydrogens is 352 g/mol. The van der Waals surface area contributed by atoms with Crippen LogP contribution in [0.25, 0.3) is 0 Å². The quantitative estimate of drug-likeness (QED) is 0.544. The standard InChI is InChI=1S/C19H20N2O6/c1-12(19(23)24)27-17-14(5-4-6-16(17)26-3)11-20-21-18(22)13-7-9-15(25-2)10-8-13/h4-12H,1-3H3,(H,21,22)(H,23,24)/b20-11-/t12-/m1/s1. The van der Waals surface area contributed by atoms with E-state index in [9.17, 15) is 9.59 Å². The van der Waals surface area contributed by atoms with Gasteiger partial charge in [-0.2, -0.15) is 5.10 Å². The summed E-state index contributed by atoms with van der Waals surface area (Å²) in [6.07, 6.45) is 0.274. The van der Waals surface area contributed by atoms with Crippen LogP contribution in [0.5, 0.6) is 17.2 Å². The average Bonchev–Trinajstić information content (AvgIpc) is 2.68. The fraction of sp³-hybridized carbons (Fsp3) is 0.211. The summed E-state index contributed by atoms with van der Waals surface area (Å²) in [6.45, 7) is 1.40. The molecule has 0 aliphatic carbocycles. The fourth-order valence-corrected chi connectivity index (χ4v) is 2.12. The van der Waals surface area contributed by atoms with Gasteiger partial charge >= 0.3 is 5.97 Å². The van der Waals surface area contributed by atoms with Crippen molar-refractivity contribution in [1.82, 2.24) is 5.43 Å². The van der Waals surface area contributed by atoms with Crippen molar-refractivity contribution in [3.8, 4) is 17.2 Å². The minimum atomic E-state index is -1.11. The van der Waals surface area contributed by atoms with Crippen LogP contribution in [0.2, 0.25) is 0 Å². The third-order valence-corrected chi connectivity index (χ3v) is 3.59. The summed E-state index contributed by atoms with van der Waals surface area (Å²) in [6, 6.07) is 11.5. The number of carboxylic acid groups (broad SMARTS) is 1. The van der Waals surface area contributed by atoms with Crippen molar-refractivity contribution in [2.45, 2.75) is 13.0 Å². The van der Waals surface area contributed by atoms with Crippen LogP contribution in [0, 0.1) is 0 Å². The van der Waals surface area contributed by atoms with Crippen molar-refractivity contribution >= 4 is 18.1 Å². The Morgan fingerprint density at radius 3 is 2.41 bits per heavy atom. The van der Waals surface area contributed by atoms with Gasteiger partial charge in [0, 0.05) is 11.1 Å². The maximum absolute atomic E-state index is 12.1. The van der Waals surface area contributed by atoms with Crippen LogP contribution in [0.15, 0.2) is 47.6 Å². The largest absolute Gasteiger partial charge is 0.497 e. The van der Waals surface area contributed by atoms with E-state index in [-0.39, 0.29) is 5.75 Å². The number of carbonyl (C=O) groups is 2. The molecule has 1 atom stereocenters. The molecule has 2 aromatic rings. The first kappa shape index (κ1) is 19.8. The number of methoxy groups -OCH3 is 2. The summed E-state index contributed by atoms with van der Waals surface area (Å²) in [4.78, 5) is 23.2. The maximum Gasteiger partial charge on any atom is 0.344 e. The van der Waals surface area contributed by atoms with Gasteiger partial charge in [-0.1, -0.05) is 6.07 Å². The van der Waals surface area contributed by atoms with Crippen LogP contribution in [0.3, 0.4) is 0 Å². The molecule has 2 rings (SSSR count). The van der Waals surface area contributed by atoms with Crippen LogP contribution in [-0.2, 0) is 4.79 Å². The van der Waals surface area contributed by atoms with Gasteiger partial charge in [-0.05, 0) is 43.3 Å². The molecule has 2 aromatic carbocycles. The smallest absolute Gasteiger partial charge is 0.344 e. The van der Waals surface area contributed by atoms with E-state index in [0.717, 1.165) is 0 Å². The van der Waals surface area contributed by atoms with Gasteiger partial charge in [0.2, 0.25) is 0 Å². The molecule has 0 heterocycles. The van der Waals surface area contributed by atoms with Gasteiger partial charge in [0.25, 0.3) is 5.91 Å². The number of rotatable bonds is 8. The Morgan fingerprint density at radius 2 is 1.81 bits per heavy atom. The number of ether oxygens (including phenoxy) is 3. The number of para-hydroxylation sites is 1. The number of amides is 1. The number of nitrogens with one attached hydrogen (secondary N) is 1. The predicted octanol–water partition coefficient (Wildman–Crippen LogP) is 2.32. The number of nitrogens with zero attached hydrogens (tertiary/aromatic N) is 1. The lowest BCUT2D eigenvalue weighted by atomic mass is 10.2. The Kier molecular flexibility index (Phi) is 6.76. The minimum absolute atomic E-state index is 0.220. The summed E-state index contributed by atoms with van der Waals surface area (Å²) < 4.78 is 15.7. The van der Waals surface area contributed by atoms with Crippen molar-refractivity contribution in [1.29, 1.82) is 0 Å². The van der Waals surface area contributed by atoms with Crippen LogP contribution in [-0.4, -0.2) is 43.5 Å². The van der Waals surface area contributed by atoms with E-state index in [4.69, 9.17) is 19.3 Å². The number of aliphatic carboxylic acids is 1. The molecule has 0 saturated heterocycles. The van der Waals surface area contributed by atoms with Crippen molar-refractivity contribution in [2.24, 2.45) is 5.10 Å². The maximum atomic E-state index is 12.1. The number of hydrogen-bond acceptors (Lipinski definition) is 6. The Bertz CT molecular complexity index is 833. The lowest BCUT2D eigenvalue weighted by Crippen LogP contribution is -2.24. The molecule has 142 valence electrons. The number of hydrazone groups is 1. The molecule has 0 aliphatic heterocycles. The van der Waals surface area contributed by atoms with E-state index in [0.29, 0.717) is 22.6 Å². The highest BCUT2D eigenvalue weighted by atomic mass is 16.5. The van der Waals surface area contributed by atoms with Crippen molar-refractivity contribution in [2.75, 3.05) is 14.2 Å². The second-order valence-electron chi connectivity index (χ2n) is 5.40. The highest BCUT2D eigenvalue weighted by Crippen LogP contribution is 2.31. The zero-order valence-electron chi connectivity index (χ0n) is 15.1. The number of carbonyl (C=O) groups excluding carboxylic acids is 1. The first-order valence-electron chi connectivity index (χ1n) is 8.00. The van der Waals surface area contributed by atoms with Crippen LogP contribution in [0.4, 0.5) is 0 Å². The van der Waals surface area contributed by atoms with Crippen molar-refractivity contribution in [3.05, 3.63) is 53.6 Å². The van der Waals surface area contributed by atoms with Crippen molar-refractivity contribution < 1.29 is 28.9 Å². The second kappa shape index (κ2) is 9.23. The van der Waals surface area contributed by atoms with E-state index < -0.39 is 18.0 Å². The van der Waals surface area contributed by atoms with Gasteiger partial charge in [-0.3, -0.25) is 4.79 Å². The normalized spacial score (nSPS) is 11.7. The molecule has 0 aromatic heterocycles. The van der Waals surface area contributed by atoms with Gasteiger partial charge in [-0.15, -0.1) is 0 Å². The highest BCUT2D eigenvalue weighted by Gasteiger charge is 2.18. The molecule has 0 spiro atoms. The lowest BCUT2D eigenvalue weighted by molar-refractivity contribution is -0.144. The molecule has 0 bridgehead atoms. The molecule has 0 saturated carbocycles. The highest BCUT2D eigenvalue weighted by molar-refractivity contribution is 5.95. The SMILES string of the molecule is COc1ccc(C(=O)N/N=C\c2cccc(OC)c2O[C@H](C)C(=O)O)cc1. The number of carboxylic acids is 1. The average molecular weight is 372 g/mol. The van der Waals surface area contributed by atoms with E-state index in [1.54, 1.807) is 49.6 Å². The summed E-state index contributed by atoms with van der Waals surface area (Å²) in [5.74, 6) is -0.304. The summed E-state index contributed by atoms with van der Waals surface area (Å²) in [7, 11) is 2.98. The van der Waals surface area contributed by atoms with Gasteiger partial charge in [0.05, 0.1) is 20.4 Å².